The Morgan fingerprint density at radius 1 is 1.00 bits per heavy atom. The lowest BCUT2D eigenvalue weighted by molar-refractivity contribution is -0.111. The van der Waals surface area contributed by atoms with Crippen molar-refractivity contribution < 1.29 is 22.7 Å². The highest BCUT2D eigenvalue weighted by Gasteiger charge is 2.16. The third kappa shape index (κ3) is 5.32. The van der Waals surface area contributed by atoms with Crippen molar-refractivity contribution in [1.82, 2.24) is 4.31 Å². The minimum absolute atomic E-state index is 0.157. The maximum absolute atomic E-state index is 12.1. The van der Waals surface area contributed by atoms with Crippen molar-refractivity contribution in [2.45, 2.75) is 4.90 Å². The first-order chi connectivity index (χ1) is 12.8. The van der Waals surface area contributed by atoms with E-state index in [0.717, 1.165) is 9.87 Å². The van der Waals surface area contributed by atoms with Gasteiger partial charge in [-0.05, 0) is 48.0 Å². The van der Waals surface area contributed by atoms with Gasteiger partial charge in [-0.3, -0.25) is 4.79 Å². The Labute approximate surface area is 159 Å². The molecule has 0 aromatic heterocycles. The van der Waals surface area contributed by atoms with Crippen LogP contribution in [0.4, 0.5) is 5.69 Å². The summed E-state index contributed by atoms with van der Waals surface area (Å²) in [6.07, 6.45) is 3.00. The van der Waals surface area contributed by atoms with Gasteiger partial charge in [0, 0.05) is 31.9 Å². The van der Waals surface area contributed by atoms with Gasteiger partial charge in [0.25, 0.3) is 0 Å². The van der Waals surface area contributed by atoms with Crippen molar-refractivity contribution in [2.24, 2.45) is 0 Å². The molecular formula is C19H22N2O5S. The van der Waals surface area contributed by atoms with Gasteiger partial charge in [-0.25, -0.2) is 12.7 Å². The molecule has 0 unspecified atom stereocenters. The maximum Gasteiger partial charge on any atom is 0.248 e. The summed E-state index contributed by atoms with van der Waals surface area (Å²) >= 11 is 0. The standard InChI is InChI=1S/C19H22N2O5S/c1-21(2)27(23,24)18-8-6-15(7-9-18)20-19(22)10-5-14-11-16(25-3)13-17(12-14)26-4/h5-13H,1-4H3,(H,20,22)/b10-5+. The van der Waals surface area contributed by atoms with Crippen LogP contribution >= 0.6 is 0 Å². The van der Waals surface area contributed by atoms with E-state index in [0.29, 0.717) is 17.2 Å². The molecule has 2 rings (SSSR count). The SMILES string of the molecule is COc1cc(/C=C/C(=O)Nc2ccc(S(=O)(=O)N(C)C)cc2)cc(OC)c1. The predicted molar refractivity (Wildman–Crippen MR) is 105 cm³/mol. The Morgan fingerprint density at radius 2 is 1.56 bits per heavy atom. The molecule has 144 valence electrons. The average molecular weight is 390 g/mol. The molecule has 2 aromatic carbocycles. The molecule has 8 heteroatoms. The molecule has 27 heavy (non-hydrogen) atoms. The van der Waals surface area contributed by atoms with Gasteiger partial charge in [-0.1, -0.05) is 0 Å². The van der Waals surface area contributed by atoms with Crippen molar-refractivity contribution in [2.75, 3.05) is 33.6 Å². The third-order valence-electron chi connectivity index (χ3n) is 3.70. The number of ether oxygens (including phenoxy) is 2. The summed E-state index contributed by atoms with van der Waals surface area (Å²) in [5.41, 5.74) is 1.24. The van der Waals surface area contributed by atoms with Crippen LogP contribution in [0, 0.1) is 0 Å². The van der Waals surface area contributed by atoms with E-state index in [1.807, 2.05) is 0 Å². The lowest BCUT2D eigenvalue weighted by Gasteiger charge is -2.11. The van der Waals surface area contributed by atoms with Gasteiger partial charge in [0.05, 0.1) is 19.1 Å². The van der Waals surface area contributed by atoms with Crippen LogP contribution < -0.4 is 14.8 Å². The van der Waals surface area contributed by atoms with E-state index < -0.39 is 10.0 Å². The first-order valence-corrected chi connectivity index (χ1v) is 9.45. The van der Waals surface area contributed by atoms with E-state index >= 15 is 0 Å². The number of methoxy groups -OCH3 is 2. The molecule has 0 aliphatic carbocycles. The monoisotopic (exact) mass is 390 g/mol. The Kier molecular flexibility index (Phi) is 6.59. The number of anilines is 1. The second-order valence-corrected chi connectivity index (χ2v) is 7.93. The number of carbonyl (C=O) groups excluding carboxylic acids is 1. The molecule has 0 aliphatic heterocycles. The molecule has 0 bridgehead atoms. The molecule has 0 atom stereocenters. The normalized spacial score (nSPS) is 11.6. The van der Waals surface area contributed by atoms with E-state index in [4.69, 9.17) is 9.47 Å². The lowest BCUT2D eigenvalue weighted by Crippen LogP contribution is -2.22. The van der Waals surface area contributed by atoms with Crippen LogP contribution in [0.15, 0.2) is 53.4 Å². The Bertz CT molecular complexity index is 913. The van der Waals surface area contributed by atoms with Crippen LogP contribution in [-0.2, 0) is 14.8 Å². The summed E-state index contributed by atoms with van der Waals surface area (Å²) < 4.78 is 35.6. The van der Waals surface area contributed by atoms with Crippen molar-refractivity contribution in [3.8, 4) is 11.5 Å². The number of hydrogen-bond donors (Lipinski definition) is 1. The molecule has 0 spiro atoms. The van der Waals surface area contributed by atoms with E-state index in [-0.39, 0.29) is 10.8 Å². The lowest BCUT2D eigenvalue weighted by atomic mass is 10.2. The Hall–Kier alpha value is -2.84. The van der Waals surface area contributed by atoms with Crippen molar-refractivity contribution in [3.63, 3.8) is 0 Å². The fourth-order valence-electron chi connectivity index (χ4n) is 2.20. The summed E-state index contributed by atoms with van der Waals surface area (Å²) in [6.45, 7) is 0. The van der Waals surface area contributed by atoms with Crippen molar-refractivity contribution in [1.29, 1.82) is 0 Å². The maximum atomic E-state index is 12.1. The first kappa shape index (κ1) is 20.5. The highest BCUT2D eigenvalue weighted by molar-refractivity contribution is 7.89. The number of amides is 1. The topological polar surface area (TPSA) is 84.9 Å². The highest BCUT2D eigenvalue weighted by Crippen LogP contribution is 2.23. The van der Waals surface area contributed by atoms with Gasteiger partial charge in [-0.15, -0.1) is 0 Å². The van der Waals surface area contributed by atoms with Gasteiger partial charge in [0.15, 0.2) is 0 Å². The van der Waals surface area contributed by atoms with Gasteiger partial charge in [-0.2, -0.15) is 0 Å². The van der Waals surface area contributed by atoms with E-state index in [9.17, 15) is 13.2 Å². The number of benzene rings is 2. The zero-order valence-corrected chi connectivity index (χ0v) is 16.4. The smallest absolute Gasteiger partial charge is 0.248 e. The molecule has 0 saturated carbocycles. The quantitative estimate of drug-likeness (QED) is 0.735. The summed E-state index contributed by atoms with van der Waals surface area (Å²) in [6, 6.07) is 11.2. The number of rotatable bonds is 7. The predicted octanol–water partition coefficient (Wildman–Crippen LogP) is 2.61. The summed E-state index contributed by atoms with van der Waals surface area (Å²) in [7, 11) is 2.53. The fourth-order valence-corrected chi connectivity index (χ4v) is 3.10. The van der Waals surface area contributed by atoms with Crippen LogP contribution in [0.1, 0.15) is 5.56 Å². The molecular weight excluding hydrogens is 368 g/mol. The molecule has 0 heterocycles. The molecule has 1 amide bonds. The van der Waals surface area contributed by atoms with Crippen LogP contribution in [0.5, 0.6) is 11.5 Å². The number of nitrogens with zero attached hydrogens (tertiary/aromatic N) is 1. The summed E-state index contributed by atoms with van der Waals surface area (Å²) in [5, 5.41) is 2.68. The minimum Gasteiger partial charge on any atom is -0.497 e. The van der Waals surface area contributed by atoms with Gasteiger partial charge < -0.3 is 14.8 Å². The van der Waals surface area contributed by atoms with Gasteiger partial charge in [0.1, 0.15) is 11.5 Å². The number of nitrogens with one attached hydrogen (secondary N) is 1. The number of hydrogen-bond acceptors (Lipinski definition) is 5. The fraction of sp³-hybridized carbons (Fsp3) is 0.211. The van der Waals surface area contributed by atoms with Crippen LogP contribution in [0.2, 0.25) is 0 Å². The molecule has 2 aromatic rings. The van der Waals surface area contributed by atoms with Crippen LogP contribution in [-0.4, -0.2) is 46.9 Å². The number of sulfonamides is 1. The second-order valence-electron chi connectivity index (χ2n) is 5.78. The highest BCUT2D eigenvalue weighted by atomic mass is 32.2. The molecule has 0 saturated heterocycles. The Morgan fingerprint density at radius 3 is 2.04 bits per heavy atom. The van der Waals surface area contributed by atoms with Crippen LogP contribution in [0.3, 0.4) is 0 Å². The van der Waals surface area contributed by atoms with E-state index in [1.165, 1.54) is 44.4 Å². The van der Waals surface area contributed by atoms with Crippen molar-refractivity contribution in [3.05, 3.63) is 54.1 Å². The Balaban J connectivity index is 2.09. The zero-order valence-electron chi connectivity index (χ0n) is 15.6. The average Bonchev–Trinajstić information content (AvgIpc) is 2.66. The summed E-state index contributed by atoms with van der Waals surface area (Å²) in [4.78, 5) is 12.3. The molecule has 7 nitrogen and oxygen atoms in total. The van der Waals surface area contributed by atoms with Gasteiger partial charge >= 0.3 is 0 Å². The molecule has 0 radical (unpaired) electrons. The van der Waals surface area contributed by atoms with Crippen LogP contribution in [0.25, 0.3) is 6.08 Å². The van der Waals surface area contributed by atoms with E-state index in [2.05, 4.69) is 5.32 Å². The first-order valence-electron chi connectivity index (χ1n) is 8.01. The molecule has 1 N–H and O–H groups in total. The molecule has 0 fully saturated rings. The largest absolute Gasteiger partial charge is 0.497 e. The third-order valence-corrected chi connectivity index (χ3v) is 5.53. The number of carbonyl (C=O) groups is 1. The minimum atomic E-state index is -3.50. The second kappa shape index (κ2) is 8.70. The molecule has 0 aliphatic rings. The van der Waals surface area contributed by atoms with Gasteiger partial charge in [0.2, 0.25) is 15.9 Å². The zero-order chi connectivity index (χ0) is 20.0. The van der Waals surface area contributed by atoms with E-state index in [1.54, 1.807) is 38.5 Å². The summed E-state index contributed by atoms with van der Waals surface area (Å²) in [5.74, 6) is 0.888. The van der Waals surface area contributed by atoms with Crippen molar-refractivity contribution >= 4 is 27.7 Å².